The first-order valence-corrected chi connectivity index (χ1v) is 11.2. The number of fused-ring (bicyclic) bond motifs is 1. The third-order valence-corrected chi connectivity index (χ3v) is 6.71. The van der Waals surface area contributed by atoms with Gasteiger partial charge in [-0.1, -0.05) is 77.1 Å². The lowest BCUT2D eigenvalue weighted by Crippen LogP contribution is -2.15. The summed E-state index contributed by atoms with van der Waals surface area (Å²) in [6, 6.07) is 23.3. The highest BCUT2D eigenvalue weighted by Gasteiger charge is 2.42. The standard InChI is InChI=1S/C26H24N2OS/c1-16-10-17(2)12-20(11-16)19-8-9-23-24(15-19)30-26(27-23)28-25(29)22-14-21(22)13-18-6-4-3-5-7-18/h3-12,15,21-22H,13-14H2,1-2H3,(H,27,28,29). The predicted molar refractivity (Wildman–Crippen MR) is 125 cm³/mol. The SMILES string of the molecule is Cc1cc(C)cc(-c2ccc3nc(NC(=O)C4CC4Cc4ccccc4)sc3c2)c1. The van der Waals surface area contributed by atoms with Crippen molar-refractivity contribution >= 4 is 32.6 Å². The summed E-state index contributed by atoms with van der Waals surface area (Å²) in [6.45, 7) is 4.25. The van der Waals surface area contributed by atoms with Gasteiger partial charge in [0.25, 0.3) is 0 Å². The molecule has 1 aliphatic carbocycles. The van der Waals surface area contributed by atoms with Crippen molar-refractivity contribution in [3.05, 3.63) is 83.4 Å². The van der Waals surface area contributed by atoms with E-state index in [1.165, 1.54) is 27.8 Å². The Morgan fingerprint density at radius 1 is 1.00 bits per heavy atom. The van der Waals surface area contributed by atoms with Crippen molar-refractivity contribution < 1.29 is 4.79 Å². The molecule has 1 fully saturated rings. The summed E-state index contributed by atoms with van der Waals surface area (Å²) < 4.78 is 1.10. The number of rotatable bonds is 5. The van der Waals surface area contributed by atoms with E-state index in [9.17, 15) is 4.79 Å². The highest BCUT2D eigenvalue weighted by molar-refractivity contribution is 7.22. The van der Waals surface area contributed by atoms with Crippen molar-refractivity contribution in [2.45, 2.75) is 26.7 Å². The molecule has 1 aromatic heterocycles. The van der Waals surface area contributed by atoms with Gasteiger partial charge in [0.2, 0.25) is 5.91 Å². The zero-order valence-electron chi connectivity index (χ0n) is 17.2. The highest BCUT2D eigenvalue weighted by Crippen LogP contribution is 2.42. The summed E-state index contributed by atoms with van der Waals surface area (Å²) >= 11 is 1.55. The lowest BCUT2D eigenvalue weighted by Gasteiger charge is -2.05. The van der Waals surface area contributed by atoms with Crippen LogP contribution in [-0.2, 0) is 11.2 Å². The van der Waals surface area contributed by atoms with E-state index in [-0.39, 0.29) is 11.8 Å². The maximum absolute atomic E-state index is 12.7. The number of carbonyl (C=O) groups excluding carboxylic acids is 1. The number of anilines is 1. The Balaban J connectivity index is 1.29. The fraction of sp³-hybridized carbons (Fsp3) is 0.231. The van der Waals surface area contributed by atoms with Crippen LogP contribution in [-0.4, -0.2) is 10.9 Å². The molecule has 0 spiro atoms. The first-order chi connectivity index (χ1) is 14.5. The van der Waals surface area contributed by atoms with Crippen LogP contribution in [0.2, 0.25) is 0 Å². The van der Waals surface area contributed by atoms with Crippen LogP contribution in [0, 0.1) is 25.7 Å². The van der Waals surface area contributed by atoms with Gasteiger partial charge in [-0.25, -0.2) is 4.98 Å². The summed E-state index contributed by atoms with van der Waals surface area (Å²) in [6.07, 6.45) is 1.93. The van der Waals surface area contributed by atoms with Gasteiger partial charge < -0.3 is 5.32 Å². The predicted octanol–water partition coefficient (Wildman–Crippen LogP) is 6.40. The van der Waals surface area contributed by atoms with Gasteiger partial charge in [-0.05, 0) is 61.4 Å². The first-order valence-electron chi connectivity index (χ1n) is 10.4. The Hall–Kier alpha value is -2.98. The van der Waals surface area contributed by atoms with E-state index < -0.39 is 0 Å². The molecule has 4 heteroatoms. The van der Waals surface area contributed by atoms with E-state index in [0.29, 0.717) is 11.0 Å². The minimum absolute atomic E-state index is 0.100. The van der Waals surface area contributed by atoms with E-state index in [0.717, 1.165) is 23.1 Å². The number of hydrogen-bond acceptors (Lipinski definition) is 3. The van der Waals surface area contributed by atoms with Crippen molar-refractivity contribution in [1.82, 2.24) is 4.98 Å². The van der Waals surface area contributed by atoms with Gasteiger partial charge in [-0.15, -0.1) is 0 Å². The van der Waals surface area contributed by atoms with Gasteiger partial charge in [0.1, 0.15) is 0 Å². The van der Waals surface area contributed by atoms with Crippen LogP contribution < -0.4 is 5.32 Å². The normalized spacial score (nSPS) is 17.8. The van der Waals surface area contributed by atoms with Crippen molar-refractivity contribution in [1.29, 1.82) is 0 Å². The van der Waals surface area contributed by atoms with Gasteiger partial charge >= 0.3 is 0 Å². The maximum Gasteiger partial charge on any atom is 0.229 e. The second-order valence-corrected chi connectivity index (χ2v) is 9.39. The lowest BCUT2D eigenvalue weighted by molar-refractivity contribution is -0.117. The molecule has 1 amide bonds. The largest absolute Gasteiger partial charge is 0.302 e. The molecule has 0 radical (unpaired) electrons. The van der Waals surface area contributed by atoms with Crippen molar-refractivity contribution in [2.75, 3.05) is 5.32 Å². The quantitative estimate of drug-likeness (QED) is 0.412. The summed E-state index contributed by atoms with van der Waals surface area (Å²) in [5, 5.41) is 3.75. The first kappa shape index (κ1) is 19.0. The third kappa shape index (κ3) is 4.01. The number of amides is 1. The molecule has 1 heterocycles. The Kier molecular flexibility index (Phi) is 4.87. The van der Waals surface area contributed by atoms with Crippen LogP contribution in [0.5, 0.6) is 0 Å². The van der Waals surface area contributed by atoms with Crippen molar-refractivity contribution in [2.24, 2.45) is 11.8 Å². The Morgan fingerprint density at radius 2 is 1.77 bits per heavy atom. The third-order valence-electron chi connectivity index (χ3n) is 5.77. The zero-order valence-corrected chi connectivity index (χ0v) is 18.0. The van der Waals surface area contributed by atoms with Crippen LogP contribution in [0.4, 0.5) is 5.13 Å². The molecule has 3 nitrogen and oxygen atoms in total. The van der Waals surface area contributed by atoms with Gasteiger partial charge in [-0.3, -0.25) is 4.79 Å². The van der Waals surface area contributed by atoms with Crippen LogP contribution >= 0.6 is 11.3 Å². The molecule has 30 heavy (non-hydrogen) atoms. The summed E-state index contributed by atoms with van der Waals surface area (Å²) in [7, 11) is 0. The number of aromatic nitrogens is 1. The number of nitrogens with zero attached hydrogens (tertiary/aromatic N) is 1. The van der Waals surface area contributed by atoms with Crippen LogP contribution in [0.15, 0.2) is 66.7 Å². The molecule has 5 rings (SSSR count). The van der Waals surface area contributed by atoms with Gasteiger partial charge in [-0.2, -0.15) is 0 Å². The smallest absolute Gasteiger partial charge is 0.229 e. The van der Waals surface area contributed by atoms with Crippen LogP contribution in [0.1, 0.15) is 23.1 Å². The number of carbonyl (C=O) groups is 1. The molecule has 0 aliphatic heterocycles. The fourth-order valence-corrected chi connectivity index (χ4v) is 5.12. The topological polar surface area (TPSA) is 42.0 Å². The molecule has 2 atom stereocenters. The average molecular weight is 413 g/mol. The molecule has 150 valence electrons. The summed E-state index contributed by atoms with van der Waals surface area (Å²) in [5.74, 6) is 0.644. The number of benzene rings is 3. The van der Waals surface area contributed by atoms with Gasteiger partial charge in [0.05, 0.1) is 10.2 Å². The zero-order chi connectivity index (χ0) is 20.7. The van der Waals surface area contributed by atoms with E-state index in [1.807, 2.05) is 12.1 Å². The number of thiazole rings is 1. The fourth-order valence-electron chi connectivity index (χ4n) is 4.21. The average Bonchev–Trinajstić information content (AvgIpc) is 3.37. The van der Waals surface area contributed by atoms with E-state index in [2.05, 4.69) is 78.7 Å². The van der Waals surface area contributed by atoms with Crippen molar-refractivity contribution in [3.63, 3.8) is 0 Å². The molecule has 1 aliphatic rings. The second kappa shape index (κ2) is 7.69. The maximum atomic E-state index is 12.7. The second-order valence-electron chi connectivity index (χ2n) is 8.36. The molecule has 1 saturated carbocycles. The minimum Gasteiger partial charge on any atom is -0.302 e. The molecule has 2 unspecified atom stereocenters. The minimum atomic E-state index is 0.100. The molecule has 4 aromatic rings. The lowest BCUT2D eigenvalue weighted by atomic mass is 10.0. The Morgan fingerprint density at radius 3 is 2.53 bits per heavy atom. The van der Waals surface area contributed by atoms with Crippen LogP contribution in [0.25, 0.3) is 21.3 Å². The number of hydrogen-bond donors (Lipinski definition) is 1. The van der Waals surface area contributed by atoms with E-state index in [4.69, 9.17) is 0 Å². The van der Waals surface area contributed by atoms with E-state index >= 15 is 0 Å². The van der Waals surface area contributed by atoms with Crippen molar-refractivity contribution in [3.8, 4) is 11.1 Å². The van der Waals surface area contributed by atoms with Crippen LogP contribution in [0.3, 0.4) is 0 Å². The summed E-state index contributed by atoms with van der Waals surface area (Å²) in [4.78, 5) is 17.3. The Bertz CT molecular complexity index is 1210. The van der Waals surface area contributed by atoms with Gasteiger partial charge in [0.15, 0.2) is 5.13 Å². The monoisotopic (exact) mass is 412 g/mol. The molecule has 0 saturated heterocycles. The molecule has 1 N–H and O–H groups in total. The molecular formula is C26H24N2OS. The summed E-state index contributed by atoms with van der Waals surface area (Å²) in [5.41, 5.74) is 7.15. The molecule has 0 bridgehead atoms. The highest BCUT2D eigenvalue weighted by atomic mass is 32.1. The number of nitrogens with one attached hydrogen (secondary N) is 1. The Labute approximate surface area is 180 Å². The van der Waals surface area contributed by atoms with Gasteiger partial charge in [0, 0.05) is 5.92 Å². The number of aryl methyl sites for hydroxylation is 2. The molecule has 3 aromatic carbocycles. The molecular weight excluding hydrogens is 388 g/mol. The van der Waals surface area contributed by atoms with E-state index in [1.54, 1.807) is 11.3 Å².